The van der Waals surface area contributed by atoms with Crippen LogP contribution in [0.2, 0.25) is 0 Å². The van der Waals surface area contributed by atoms with Gasteiger partial charge >= 0.3 is 0 Å². The number of nitrogens with one attached hydrogen (secondary N) is 2. The quantitative estimate of drug-likeness (QED) is 0.891. The van der Waals surface area contributed by atoms with Gasteiger partial charge in [0, 0.05) is 37.3 Å². The molecule has 136 valence electrons. The number of para-hydroxylation sites is 1. The van der Waals surface area contributed by atoms with Crippen molar-refractivity contribution in [1.29, 1.82) is 0 Å². The average molecular weight is 352 g/mol. The minimum atomic E-state index is -0.594. The zero-order valence-electron chi connectivity index (χ0n) is 15.3. The number of anilines is 1. The number of aromatic nitrogens is 2. The minimum Gasteiger partial charge on any atom is -0.341 e. The molecule has 1 aromatic heterocycles. The molecule has 26 heavy (non-hydrogen) atoms. The molecule has 0 bridgehead atoms. The molecule has 0 unspecified atom stereocenters. The lowest BCUT2D eigenvalue weighted by Gasteiger charge is -2.39. The summed E-state index contributed by atoms with van der Waals surface area (Å²) in [5, 5.41) is 10.2. The number of hydrogen-bond acceptors (Lipinski definition) is 3. The van der Waals surface area contributed by atoms with Gasteiger partial charge in [0.2, 0.25) is 11.8 Å². The van der Waals surface area contributed by atoms with E-state index in [0.717, 1.165) is 41.0 Å². The van der Waals surface area contributed by atoms with Crippen LogP contribution < -0.4 is 5.32 Å². The number of piperidine rings is 1. The van der Waals surface area contributed by atoms with E-state index in [1.54, 1.807) is 0 Å². The summed E-state index contributed by atoms with van der Waals surface area (Å²) in [5.41, 5.74) is 4.44. The van der Waals surface area contributed by atoms with E-state index in [2.05, 4.69) is 15.5 Å². The number of H-pyrrole nitrogens is 1. The van der Waals surface area contributed by atoms with Gasteiger partial charge in [0.15, 0.2) is 0 Å². The number of nitrogens with zero attached hydrogens (tertiary/aromatic N) is 2. The van der Waals surface area contributed by atoms with Gasteiger partial charge in [0.1, 0.15) is 0 Å². The fourth-order valence-corrected chi connectivity index (χ4v) is 4.21. The van der Waals surface area contributed by atoms with Gasteiger partial charge in [-0.2, -0.15) is 5.10 Å². The Morgan fingerprint density at radius 2 is 2.12 bits per heavy atom. The van der Waals surface area contributed by atoms with Crippen molar-refractivity contribution in [3.63, 3.8) is 0 Å². The van der Waals surface area contributed by atoms with Crippen LogP contribution in [0, 0.1) is 13.8 Å². The zero-order chi connectivity index (χ0) is 18.3. The van der Waals surface area contributed by atoms with Crippen molar-refractivity contribution < 1.29 is 9.59 Å². The van der Waals surface area contributed by atoms with Crippen molar-refractivity contribution in [2.75, 3.05) is 18.4 Å². The van der Waals surface area contributed by atoms with Crippen LogP contribution in [-0.2, 0) is 21.4 Å². The van der Waals surface area contributed by atoms with E-state index in [4.69, 9.17) is 0 Å². The highest BCUT2D eigenvalue weighted by Crippen LogP contribution is 2.43. The SMILES string of the molecule is Cc1[nH]nc(CCC(=O)N2CCC[C@]3(C2)C(=O)Nc2ccccc23)c1C. The molecule has 2 aromatic rings. The second-order valence-electron chi connectivity index (χ2n) is 7.42. The maximum absolute atomic E-state index is 12.8. The normalized spacial score (nSPS) is 21.8. The number of carbonyl (C=O) groups is 2. The molecule has 0 radical (unpaired) electrons. The Morgan fingerprint density at radius 3 is 2.88 bits per heavy atom. The Hall–Kier alpha value is -2.63. The zero-order valence-corrected chi connectivity index (χ0v) is 15.3. The van der Waals surface area contributed by atoms with E-state index in [0.29, 0.717) is 25.9 Å². The number of amides is 2. The predicted octanol–water partition coefficient (Wildman–Crippen LogP) is 2.47. The Kier molecular flexibility index (Phi) is 4.05. The third-order valence-corrected chi connectivity index (χ3v) is 5.90. The molecule has 2 amide bonds. The summed E-state index contributed by atoms with van der Waals surface area (Å²) in [6.45, 7) is 5.19. The van der Waals surface area contributed by atoms with Gasteiger partial charge in [-0.15, -0.1) is 0 Å². The lowest BCUT2D eigenvalue weighted by Crippen LogP contribution is -2.51. The number of fused-ring (bicyclic) bond motifs is 2. The van der Waals surface area contributed by atoms with Crippen molar-refractivity contribution in [2.24, 2.45) is 0 Å². The van der Waals surface area contributed by atoms with Crippen molar-refractivity contribution in [3.05, 3.63) is 46.8 Å². The molecule has 1 saturated heterocycles. The van der Waals surface area contributed by atoms with Crippen molar-refractivity contribution in [1.82, 2.24) is 15.1 Å². The number of likely N-dealkylation sites (tertiary alicyclic amines) is 1. The fourth-order valence-electron chi connectivity index (χ4n) is 4.21. The molecule has 1 aromatic carbocycles. The van der Waals surface area contributed by atoms with Gasteiger partial charge in [-0.25, -0.2) is 0 Å². The van der Waals surface area contributed by atoms with Crippen LogP contribution in [0.3, 0.4) is 0 Å². The van der Waals surface area contributed by atoms with E-state index in [9.17, 15) is 9.59 Å². The summed E-state index contributed by atoms with van der Waals surface area (Å²) in [4.78, 5) is 27.4. The van der Waals surface area contributed by atoms with E-state index in [1.165, 1.54) is 0 Å². The van der Waals surface area contributed by atoms with Crippen molar-refractivity contribution in [3.8, 4) is 0 Å². The number of aryl methyl sites for hydroxylation is 2. The second-order valence-corrected chi connectivity index (χ2v) is 7.42. The molecule has 2 aliphatic heterocycles. The number of hydrogen-bond donors (Lipinski definition) is 2. The fraction of sp³-hybridized carbons (Fsp3) is 0.450. The molecular formula is C20H24N4O2. The van der Waals surface area contributed by atoms with Gasteiger partial charge < -0.3 is 10.2 Å². The number of benzene rings is 1. The van der Waals surface area contributed by atoms with Gasteiger partial charge in [-0.05, 0) is 43.9 Å². The topological polar surface area (TPSA) is 78.1 Å². The lowest BCUT2D eigenvalue weighted by molar-refractivity contribution is -0.135. The highest BCUT2D eigenvalue weighted by atomic mass is 16.2. The third-order valence-electron chi connectivity index (χ3n) is 5.90. The summed E-state index contributed by atoms with van der Waals surface area (Å²) in [6, 6.07) is 7.84. The maximum atomic E-state index is 12.8. The summed E-state index contributed by atoms with van der Waals surface area (Å²) in [7, 11) is 0. The van der Waals surface area contributed by atoms with E-state index < -0.39 is 5.41 Å². The van der Waals surface area contributed by atoms with Crippen LogP contribution >= 0.6 is 0 Å². The first-order valence-electron chi connectivity index (χ1n) is 9.20. The van der Waals surface area contributed by atoms with Gasteiger partial charge in [0.25, 0.3) is 0 Å². The summed E-state index contributed by atoms with van der Waals surface area (Å²) in [6.07, 6.45) is 2.68. The largest absolute Gasteiger partial charge is 0.341 e. The number of carbonyl (C=O) groups excluding carboxylic acids is 2. The highest BCUT2D eigenvalue weighted by Gasteiger charge is 2.49. The molecule has 3 heterocycles. The minimum absolute atomic E-state index is 0.0231. The van der Waals surface area contributed by atoms with Crippen LogP contribution in [0.5, 0.6) is 0 Å². The van der Waals surface area contributed by atoms with E-state index >= 15 is 0 Å². The average Bonchev–Trinajstić information content (AvgIpc) is 3.11. The molecule has 4 rings (SSSR count). The summed E-state index contributed by atoms with van der Waals surface area (Å²) < 4.78 is 0. The molecule has 0 saturated carbocycles. The number of aromatic amines is 1. The van der Waals surface area contributed by atoms with Crippen LogP contribution in [0.1, 0.15) is 41.8 Å². The molecule has 0 aliphatic carbocycles. The molecule has 1 spiro atoms. The highest BCUT2D eigenvalue weighted by molar-refractivity contribution is 6.06. The smallest absolute Gasteiger partial charge is 0.236 e. The first-order chi connectivity index (χ1) is 12.5. The Balaban J connectivity index is 1.49. The molecule has 6 heteroatoms. The Bertz CT molecular complexity index is 872. The number of rotatable bonds is 3. The van der Waals surface area contributed by atoms with Crippen molar-refractivity contribution >= 4 is 17.5 Å². The molecule has 2 N–H and O–H groups in total. The monoisotopic (exact) mass is 352 g/mol. The Labute approximate surface area is 153 Å². The molecule has 1 atom stereocenters. The second kappa shape index (κ2) is 6.27. The van der Waals surface area contributed by atoms with Crippen LogP contribution in [-0.4, -0.2) is 40.0 Å². The van der Waals surface area contributed by atoms with Crippen LogP contribution in [0.15, 0.2) is 24.3 Å². The summed E-state index contributed by atoms with van der Waals surface area (Å²) in [5.74, 6) is 0.122. The molecule has 2 aliphatic rings. The third kappa shape index (κ3) is 2.60. The first kappa shape index (κ1) is 16.8. The van der Waals surface area contributed by atoms with E-state index in [1.807, 2.05) is 43.0 Å². The Morgan fingerprint density at radius 1 is 1.31 bits per heavy atom. The summed E-state index contributed by atoms with van der Waals surface area (Å²) >= 11 is 0. The van der Waals surface area contributed by atoms with Gasteiger partial charge in [-0.1, -0.05) is 18.2 Å². The maximum Gasteiger partial charge on any atom is 0.236 e. The lowest BCUT2D eigenvalue weighted by atomic mass is 9.75. The van der Waals surface area contributed by atoms with Gasteiger partial charge in [0.05, 0.1) is 11.1 Å². The van der Waals surface area contributed by atoms with Gasteiger partial charge in [-0.3, -0.25) is 14.7 Å². The molecule has 6 nitrogen and oxygen atoms in total. The van der Waals surface area contributed by atoms with E-state index in [-0.39, 0.29) is 11.8 Å². The van der Waals surface area contributed by atoms with Crippen LogP contribution in [0.4, 0.5) is 5.69 Å². The molecular weight excluding hydrogens is 328 g/mol. The predicted molar refractivity (Wildman–Crippen MR) is 98.9 cm³/mol. The first-order valence-corrected chi connectivity index (χ1v) is 9.20. The van der Waals surface area contributed by atoms with Crippen molar-refractivity contribution in [2.45, 2.75) is 44.9 Å². The standard InChI is InChI=1S/C20H24N4O2/c1-13-14(2)22-23-16(13)8-9-18(25)24-11-5-10-20(12-24)15-6-3-4-7-17(15)21-19(20)26/h3-4,6-7H,5,8-12H2,1-2H3,(H,21,26)(H,22,23)/t20-/m1/s1. The van der Waals surface area contributed by atoms with Crippen LogP contribution in [0.25, 0.3) is 0 Å². The molecule has 1 fully saturated rings.